The molecule has 8 heteroatoms. The molecular weight excluding hydrogens is 390 g/mol. The number of esters is 1. The van der Waals surface area contributed by atoms with Crippen LogP contribution in [0.1, 0.15) is 45.3 Å². The van der Waals surface area contributed by atoms with Gasteiger partial charge in [0.2, 0.25) is 11.8 Å². The Morgan fingerprint density at radius 2 is 1.83 bits per heavy atom. The molecule has 1 aromatic heterocycles. The summed E-state index contributed by atoms with van der Waals surface area (Å²) in [6, 6.07) is 3.17. The summed E-state index contributed by atoms with van der Waals surface area (Å²) < 4.78 is 4.88. The molecule has 1 aliphatic heterocycles. The molecule has 0 radical (unpaired) electrons. The summed E-state index contributed by atoms with van der Waals surface area (Å²) in [5.41, 5.74) is 4.94. The predicted molar refractivity (Wildman–Crippen MR) is 115 cm³/mol. The molecule has 2 amide bonds. The zero-order chi connectivity index (χ0) is 21.3. The van der Waals surface area contributed by atoms with Crippen LogP contribution in [0.2, 0.25) is 0 Å². The largest absolute Gasteiger partial charge is 0.465 e. The molecule has 2 heterocycles. The fraction of sp³-hybridized carbons (Fsp3) is 0.381. The van der Waals surface area contributed by atoms with Gasteiger partial charge in [0.25, 0.3) is 0 Å². The number of carbonyl (C=O) groups is 3. The second-order valence-electron chi connectivity index (χ2n) is 7.11. The molecule has 0 aliphatic carbocycles. The third-order valence-electron chi connectivity index (χ3n) is 5.13. The summed E-state index contributed by atoms with van der Waals surface area (Å²) in [5.74, 6) is -1.09. The average Bonchev–Trinajstić information content (AvgIpc) is 2.98. The quantitative estimate of drug-likeness (QED) is 0.646. The Balaban J connectivity index is 1.77. The van der Waals surface area contributed by atoms with Crippen LogP contribution in [0, 0.1) is 20.8 Å². The number of hydrogen-bond acceptors (Lipinski definition) is 6. The van der Waals surface area contributed by atoms with Crippen molar-refractivity contribution in [2.75, 3.05) is 23.1 Å². The van der Waals surface area contributed by atoms with Crippen LogP contribution in [-0.4, -0.2) is 30.9 Å². The first kappa shape index (κ1) is 20.9. The van der Waals surface area contributed by atoms with Gasteiger partial charge in [0.05, 0.1) is 30.5 Å². The Morgan fingerprint density at radius 3 is 2.45 bits per heavy atom. The summed E-state index contributed by atoms with van der Waals surface area (Å²) >= 11 is 1.34. The van der Waals surface area contributed by atoms with Crippen LogP contribution in [-0.2, 0) is 20.7 Å². The number of fused-ring (bicyclic) bond motifs is 1. The number of rotatable bonds is 5. The fourth-order valence-electron chi connectivity index (χ4n) is 3.43. The molecule has 0 saturated carbocycles. The summed E-state index contributed by atoms with van der Waals surface area (Å²) in [7, 11) is 1.32. The lowest BCUT2D eigenvalue weighted by molar-refractivity contribution is -0.122. The SMILES string of the molecule is CCc1c(C)sc(NC(=O)C[C@@H]2Nc3cc(C)c(C)cc3NC2=O)c1C(=O)OC. The van der Waals surface area contributed by atoms with E-state index < -0.39 is 12.0 Å². The van der Waals surface area contributed by atoms with Crippen LogP contribution < -0.4 is 16.0 Å². The third-order valence-corrected chi connectivity index (χ3v) is 6.20. The lowest BCUT2D eigenvalue weighted by Gasteiger charge is -2.27. The van der Waals surface area contributed by atoms with Crippen LogP contribution in [0.25, 0.3) is 0 Å². The van der Waals surface area contributed by atoms with Crippen LogP contribution in [0.3, 0.4) is 0 Å². The Labute approximate surface area is 173 Å². The maximum absolute atomic E-state index is 12.7. The van der Waals surface area contributed by atoms with Gasteiger partial charge in [0.1, 0.15) is 11.0 Å². The van der Waals surface area contributed by atoms with E-state index in [0.717, 1.165) is 27.3 Å². The van der Waals surface area contributed by atoms with Crippen molar-refractivity contribution in [2.45, 2.75) is 46.6 Å². The number of ether oxygens (including phenoxy) is 1. The van der Waals surface area contributed by atoms with E-state index in [1.807, 2.05) is 39.8 Å². The predicted octanol–water partition coefficient (Wildman–Crippen LogP) is 3.78. The summed E-state index contributed by atoms with van der Waals surface area (Å²) in [5, 5.41) is 9.25. The molecule has 0 fully saturated rings. The Morgan fingerprint density at radius 1 is 1.17 bits per heavy atom. The number of thiophene rings is 1. The van der Waals surface area contributed by atoms with Gasteiger partial charge in [-0.1, -0.05) is 6.92 Å². The van der Waals surface area contributed by atoms with E-state index >= 15 is 0 Å². The van der Waals surface area contributed by atoms with E-state index in [-0.39, 0.29) is 18.2 Å². The van der Waals surface area contributed by atoms with Crippen LogP contribution in [0.4, 0.5) is 16.4 Å². The van der Waals surface area contributed by atoms with E-state index in [1.54, 1.807) is 0 Å². The van der Waals surface area contributed by atoms with Crippen LogP contribution >= 0.6 is 11.3 Å². The van der Waals surface area contributed by atoms with E-state index in [2.05, 4.69) is 16.0 Å². The molecule has 3 N–H and O–H groups in total. The minimum Gasteiger partial charge on any atom is -0.465 e. The first-order valence-corrected chi connectivity index (χ1v) is 10.3. The van der Waals surface area contributed by atoms with Gasteiger partial charge >= 0.3 is 5.97 Å². The summed E-state index contributed by atoms with van der Waals surface area (Å²) in [6.07, 6.45) is 0.599. The van der Waals surface area contributed by atoms with Gasteiger partial charge in [-0.3, -0.25) is 9.59 Å². The van der Waals surface area contributed by atoms with Gasteiger partial charge < -0.3 is 20.7 Å². The molecule has 154 valence electrons. The first-order valence-electron chi connectivity index (χ1n) is 9.44. The topological polar surface area (TPSA) is 96.5 Å². The third kappa shape index (κ3) is 4.12. The van der Waals surface area contributed by atoms with Crippen molar-refractivity contribution < 1.29 is 19.1 Å². The van der Waals surface area contributed by atoms with E-state index in [9.17, 15) is 14.4 Å². The number of anilines is 3. The van der Waals surface area contributed by atoms with Crippen molar-refractivity contribution in [1.29, 1.82) is 0 Å². The van der Waals surface area contributed by atoms with E-state index in [1.165, 1.54) is 18.4 Å². The second-order valence-corrected chi connectivity index (χ2v) is 8.33. The maximum Gasteiger partial charge on any atom is 0.341 e. The monoisotopic (exact) mass is 415 g/mol. The van der Waals surface area contributed by atoms with Gasteiger partial charge in [-0.05, 0) is 56.0 Å². The van der Waals surface area contributed by atoms with Gasteiger partial charge in [-0.25, -0.2) is 4.79 Å². The normalized spacial score (nSPS) is 15.2. The Bertz CT molecular complexity index is 996. The molecule has 1 aliphatic rings. The Kier molecular flexibility index (Phi) is 5.93. The molecule has 0 unspecified atom stereocenters. The zero-order valence-corrected chi connectivity index (χ0v) is 18.0. The number of amides is 2. The smallest absolute Gasteiger partial charge is 0.341 e. The van der Waals surface area contributed by atoms with Crippen molar-refractivity contribution in [3.05, 3.63) is 39.3 Å². The van der Waals surface area contributed by atoms with E-state index in [0.29, 0.717) is 22.7 Å². The summed E-state index contributed by atoms with van der Waals surface area (Å²) in [6.45, 7) is 7.83. The number of methoxy groups -OCH3 is 1. The first-order chi connectivity index (χ1) is 13.7. The molecule has 0 spiro atoms. The molecule has 3 rings (SSSR count). The fourth-order valence-corrected chi connectivity index (χ4v) is 4.58. The molecule has 1 atom stereocenters. The van der Waals surface area contributed by atoms with Crippen molar-refractivity contribution >= 4 is 45.5 Å². The number of benzene rings is 1. The molecule has 0 bridgehead atoms. The minimum absolute atomic E-state index is 0.0583. The van der Waals surface area contributed by atoms with Crippen molar-refractivity contribution in [3.63, 3.8) is 0 Å². The highest BCUT2D eigenvalue weighted by molar-refractivity contribution is 7.16. The molecule has 0 saturated heterocycles. The number of aryl methyl sites for hydroxylation is 3. The standard InChI is InChI=1S/C21H25N3O4S/c1-6-13-12(4)29-20(18(13)21(27)28-5)24-17(25)9-16-19(26)23-15-8-11(3)10(2)7-14(15)22-16/h7-8,16,22H,6,9H2,1-5H3,(H,23,26)(H,24,25)/t16-/m0/s1. The highest BCUT2D eigenvalue weighted by Crippen LogP contribution is 2.35. The molecule has 1 aromatic carbocycles. The van der Waals surface area contributed by atoms with Gasteiger partial charge in [-0.15, -0.1) is 11.3 Å². The minimum atomic E-state index is -0.696. The lowest BCUT2D eigenvalue weighted by Crippen LogP contribution is -2.41. The van der Waals surface area contributed by atoms with Crippen molar-refractivity contribution in [2.24, 2.45) is 0 Å². The molecular formula is C21H25N3O4S. The average molecular weight is 416 g/mol. The van der Waals surface area contributed by atoms with Crippen molar-refractivity contribution in [3.8, 4) is 0 Å². The Hall–Kier alpha value is -2.87. The molecule has 7 nitrogen and oxygen atoms in total. The van der Waals surface area contributed by atoms with Gasteiger partial charge in [0, 0.05) is 4.88 Å². The number of hydrogen-bond donors (Lipinski definition) is 3. The van der Waals surface area contributed by atoms with E-state index in [4.69, 9.17) is 4.74 Å². The van der Waals surface area contributed by atoms with Gasteiger partial charge in [-0.2, -0.15) is 0 Å². The number of carbonyl (C=O) groups excluding carboxylic acids is 3. The summed E-state index contributed by atoms with van der Waals surface area (Å²) in [4.78, 5) is 38.3. The van der Waals surface area contributed by atoms with Gasteiger partial charge in [0.15, 0.2) is 0 Å². The zero-order valence-electron chi connectivity index (χ0n) is 17.2. The second kappa shape index (κ2) is 8.24. The van der Waals surface area contributed by atoms with Crippen LogP contribution in [0.15, 0.2) is 12.1 Å². The molecule has 29 heavy (non-hydrogen) atoms. The lowest BCUT2D eigenvalue weighted by atomic mass is 10.0. The highest BCUT2D eigenvalue weighted by Gasteiger charge is 2.29. The maximum atomic E-state index is 12.7. The highest BCUT2D eigenvalue weighted by atomic mass is 32.1. The van der Waals surface area contributed by atoms with Crippen LogP contribution in [0.5, 0.6) is 0 Å². The molecule has 2 aromatic rings. The van der Waals surface area contributed by atoms with Crippen molar-refractivity contribution in [1.82, 2.24) is 0 Å². The number of nitrogens with one attached hydrogen (secondary N) is 3.